The van der Waals surface area contributed by atoms with E-state index in [4.69, 9.17) is 4.98 Å². The van der Waals surface area contributed by atoms with Crippen LogP contribution in [0.25, 0.3) is 128 Å². The van der Waals surface area contributed by atoms with Crippen LogP contribution in [0.2, 0.25) is 0 Å². The fourth-order valence-corrected chi connectivity index (χ4v) is 19.0. The second-order valence-corrected chi connectivity index (χ2v) is 26.2. The molecule has 4 heteroatoms. The first kappa shape index (κ1) is 47.0. The molecule has 0 atom stereocenters. The van der Waals surface area contributed by atoms with Gasteiger partial charge in [0.15, 0.2) is 0 Å². The average Bonchev–Trinajstić information content (AvgIpc) is 2.68. The molecular formula is C80H47NS3. The Labute approximate surface area is 497 Å². The van der Waals surface area contributed by atoms with Gasteiger partial charge in [0, 0.05) is 89.4 Å². The SMILES string of the molecule is c1ccc2c(c1)-c1ccccc1C2c1cccc2c1sc1ccc(-c3cc(-c4ccc5sc6c(C7c8ccccc8-c8ccccc87)cccc6c5c4)nc(-c4cccc5c4sc4c(C6c7ccccc7-c7ccccc76)cccc45)c3)cc12. The topological polar surface area (TPSA) is 12.9 Å². The third-order valence-electron chi connectivity index (χ3n) is 18.8. The Hall–Kier alpha value is -9.55. The second kappa shape index (κ2) is 18.0. The van der Waals surface area contributed by atoms with Crippen LogP contribution in [0.3, 0.4) is 0 Å². The standard InChI is InChI=1S/C80H47NS3/c1-7-23-54-48(17-1)49-18-2-8-24-55(49)74(54)65-34-15-31-62-68-41-45(37-39-72(68)82-78(62)65)47-43-70(46-38-40-73-69(42-46)63-32-16-35-66(79(63)83-73)75-56-25-9-3-19-50(56)51-20-4-10-26-57(51)75)81-71(44-47)64-33-13-29-60-61-30-14-36-67(80(61)84-77(60)64)76-58-27-11-5-21-52(58)53-22-6-12-28-59(53)76/h1-44,74-76H. The minimum Gasteiger partial charge on any atom is -0.248 e. The van der Waals surface area contributed by atoms with Gasteiger partial charge in [0.05, 0.1) is 11.4 Å². The summed E-state index contributed by atoms with van der Waals surface area (Å²) in [5.41, 5.74) is 27.0. The molecule has 0 unspecified atom stereocenters. The summed E-state index contributed by atoms with van der Waals surface area (Å²) in [5.74, 6) is 0.503. The highest BCUT2D eigenvalue weighted by atomic mass is 32.1. The van der Waals surface area contributed by atoms with Crippen molar-refractivity contribution in [2.24, 2.45) is 0 Å². The molecule has 0 radical (unpaired) electrons. The van der Waals surface area contributed by atoms with Gasteiger partial charge >= 0.3 is 0 Å². The third-order valence-corrected chi connectivity index (χ3v) is 22.5. The Bertz CT molecular complexity index is 5130. The molecule has 4 aromatic heterocycles. The van der Waals surface area contributed by atoms with Crippen LogP contribution in [-0.2, 0) is 0 Å². The third kappa shape index (κ3) is 6.73. The van der Waals surface area contributed by atoms with Crippen molar-refractivity contribution >= 4 is 94.5 Å². The van der Waals surface area contributed by atoms with Gasteiger partial charge in [-0.15, -0.1) is 34.0 Å². The summed E-state index contributed by atoms with van der Waals surface area (Å²) in [6, 6.07) is 101. The van der Waals surface area contributed by atoms with Crippen molar-refractivity contribution in [2.75, 3.05) is 0 Å². The Morgan fingerprint density at radius 3 is 0.976 bits per heavy atom. The van der Waals surface area contributed by atoms with Crippen LogP contribution in [-0.4, -0.2) is 4.98 Å². The van der Waals surface area contributed by atoms with Gasteiger partial charge in [0.25, 0.3) is 0 Å². The Kier molecular flexibility index (Phi) is 10.1. The molecule has 0 aliphatic heterocycles. The summed E-state index contributed by atoms with van der Waals surface area (Å²) >= 11 is 5.78. The fourth-order valence-electron chi connectivity index (χ4n) is 15.2. The zero-order valence-corrected chi connectivity index (χ0v) is 47.8. The Morgan fingerprint density at radius 2 is 0.536 bits per heavy atom. The first-order chi connectivity index (χ1) is 41.7. The van der Waals surface area contributed by atoms with Crippen LogP contribution >= 0.6 is 34.0 Å². The molecule has 1 nitrogen and oxygen atoms in total. The van der Waals surface area contributed by atoms with E-state index in [1.54, 1.807) is 0 Å². The van der Waals surface area contributed by atoms with Crippen molar-refractivity contribution in [3.63, 3.8) is 0 Å². The van der Waals surface area contributed by atoms with Gasteiger partial charge in [-0.3, -0.25) is 0 Å². The lowest BCUT2D eigenvalue weighted by Gasteiger charge is -2.15. The first-order valence-corrected chi connectivity index (χ1v) is 31.5. The van der Waals surface area contributed by atoms with Crippen molar-refractivity contribution in [2.45, 2.75) is 17.8 Å². The monoisotopic (exact) mass is 1120 g/mol. The van der Waals surface area contributed by atoms with Gasteiger partial charge in [0.2, 0.25) is 0 Å². The molecule has 16 aromatic rings. The lowest BCUT2D eigenvalue weighted by atomic mass is 9.88. The molecule has 0 saturated heterocycles. The zero-order chi connectivity index (χ0) is 54.7. The van der Waals surface area contributed by atoms with Crippen LogP contribution in [0.15, 0.2) is 267 Å². The molecule has 84 heavy (non-hydrogen) atoms. The number of nitrogens with zero attached hydrogens (tertiary/aromatic N) is 1. The van der Waals surface area contributed by atoms with Gasteiger partial charge < -0.3 is 0 Å². The van der Waals surface area contributed by atoms with Crippen LogP contribution in [0.4, 0.5) is 0 Å². The Balaban J connectivity index is 0.797. The van der Waals surface area contributed by atoms with E-state index in [0.717, 1.165) is 28.1 Å². The minimum absolute atomic E-state index is 0.151. The Morgan fingerprint density at radius 1 is 0.214 bits per heavy atom. The highest BCUT2D eigenvalue weighted by molar-refractivity contribution is 7.27. The van der Waals surface area contributed by atoms with E-state index in [1.165, 1.54) is 150 Å². The number of fused-ring (bicyclic) bond motifs is 18. The van der Waals surface area contributed by atoms with Crippen molar-refractivity contribution in [3.8, 4) is 67.0 Å². The number of rotatable bonds is 6. The highest BCUT2D eigenvalue weighted by Gasteiger charge is 2.34. The predicted molar refractivity (Wildman–Crippen MR) is 358 cm³/mol. The molecule has 390 valence electrons. The van der Waals surface area contributed by atoms with Crippen molar-refractivity contribution in [3.05, 3.63) is 317 Å². The van der Waals surface area contributed by atoms with Crippen LogP contribution in [0.1, 0.15) is 67.8 Å². The molecule has 0 bridgehead atoms. The van der Waals surface area contributed by atoms with Gasteiger partial charge in [-0.1, -0.05) is 231 Å². The van der Waals surface area contributed by atoms with E-state index >= 15 is 0 Å². The van der Waals surface area contributed by atoms with Gasteiger partial charge in [0.1, 0.15) is 0 Å². The van der Waals surface area contributed by atoms with Gasteiger partial charge in [-0.05, 0) is 131 Å². The maximum atomic E-state index is 5.79. The van der Waals surface area contributed by atoms with Crippen molar-refractivity contribution < 1.29 is 0 Å². The summed E-state index contributed by atoms with van der Waals surface area (Å²) in [6.07, 6.45) is 0. The molecule has 0 amide bonds. The lowest BCUT2D eigenvalue weighted by molar-refractivity contribution is 1.03. The number of thiophene rings is 3. The molecular weight excluding hydrogens is 1070 g/mol. The smallest absolute Gasteiger partial charge is 0.0730 e. The second-order valence-electron chi connectivity index (χ2n) is 23.0. The average molecular weight is 1120 g/mol. The molecule has 3 aliphatic rings. The summed E-state index contributed by atoms with van der Waals surface area (Å²) in [5, 5.41) is 7.73. The van der Waals surface area contributed by atoms with Crippen LogP contribution < -0.4 is 0 Å². The van der Waals surface area contributed by atoms with E-state index < -0.39 is 0 Å². The maximum absolute atomic E-state index is 5.79. The highest BCUT2D eigenvalue weighted by Crippen LogP contribution is 2.55. The molecule has 4 heterocycles. The summed E-state index contributed by atoms with van der Waals surface area (Å²) in [6.45, 7) is 0. The van der Waals surface area contributed by atoms with Crippen LogP contribution in [0, 0.1) is 0 Å². The lowest BCUT2D eigenvalue weighted by Crippen LogP contribution is -1.99. The fraction of sp³-hybridized carbons (Fsp3) is 0.0375. The van der Waals surface area contributed by atoms with Crippen molar-refractivity contribution in [1.82, 2.24) is 4.98 Å². The molecule has 19 rings (SSSR count). The zero-order valence-electron chi connectivity index (χ0n) is 45.3. The molecule has 0 fully saturated rings. The van der Waals surface area contributed by atoms with E-state index in [1.807, 2.05) is 34.0 Å². The largest absolute Gasteiger partial charge is 0.248 e. The summed E-state index contributed by atoms with van der Waals surface area (Å²) in [4.78, 5) is 5.79. The molecule has 0 N–H and O–H groups in total. The first-order valence-electron chi connectivity index (χ1n) is 29.1. The summed E-state index contributed by atoms with van der Waals surface area (Å²) < 4.78 is 7.90. The number of benzene rings is 12. The number of aromatic nitrogens is 1. The van der Waals surface area contributed by atoms with E-state index in [9.17, 15) is 0 Å². The number of pyridine rings is 1. The molecule has 0 spiro atoms. The molecule has 12 aromatic carbocycles. The van der Waals surface area contributed by atoms with E-state index in [-0.39, 0.29) is 17.8 Å². The van der Waals surface area contributed by atoms with Gasteiger partial charge in [-0.2, -0.15) is 0 Å². The maximum Gasteiger partial charge on any atom is 0.0730 e. The van der Waals surface area contributed by atoms with E-state index in [0.29, 0.717) is 0 Å². The van der Waals surface area contributed by atoms with Crippen molar-refractivity contribution in [1.29, 1.82) is 0 Å². The van der Waals surface area contributed by atoms with Crippen LogP contribution in [0.5, 0.6) is 0 Å². The quantitative estimate of drug-likeness (QED) is 0.162. The number of hydrogen-bond donors (Lipinski definition) is 0. The van der Waals surface area contributed by atoms with Gasteiger partial charge in [-0.25, -0.2) is 4.98 Å². The molecule has 3 aliphatic carbocycles. The molecule has 0 saturated carbocycles. The normalized spacial score (nSPS) is 13.6. The predicted octanol–water partition coefficient (Wildman–Crippen LogP) is 22.7. The summed E-state index contributed by atoms with van der Waals surface area (Å²) in [7, 11) is 0. The number of hydrogen-bond acceptors (Lipinski definition) is 4. The minimum atomic E-state index is 0.151. The van der Waals surface area contributed by atoms with E-state index in [2.05, 4.69) is 267 Å².